The molecule has 1 aliphatic heterocycles. The second kappa shape index (κ2) is 12.3. The first kappa shape index (κ1) is 23.9. The SMILES string of the molecule is CN=C(NCCc1csc(C)n1)NCC(C)N1CCN(c2ccccc2)CC1.I. The van der Waals surface area contributed by atoms with Crippen molar-refractivity contribution < 1.29 is 0 Å². The molecule has 1 saturated heterocycles. The number of rotatable bonds is 7. The Balaban J connectivity index is 0.00000300. The monoisotopic (exact) mass is 528 g/mol. The summed E-state index contributed by atoms with van der Waals surface area (Å²) in [6.07, 6.45) is 0.919. The van der Waals surface area contributed by atoms with Crippen molar-refractivity contribution >= 4 is 47.0 Å². The maximum Gasteiger partial charge on any atom is 0.191 e. The lowest BCUT2D eigenvalue weighted by molar-refractivity contribution is 0.197. The minimum absolute atomic E-state index is 0. The molecule has 2 N–H and O–H groups in total. The third-order valence-electron chi connectivity index (χ3n) is 5.19. The first-order valence-electron chi connectivity index (χ1n) is 10.1. The number of nitrogens with one attached hydrogen (secondary N) is 2. The number of halogens is 1. The number of aryl methyl sites for hydroxylation is 1. The number of para-hydroxylation sites is 1. The largest absolute Gasteiger partial charge is 0.369 e. The molecule has 2 aromatic rings. The zero-order valence-corrected chi connectivity index (χ0v) is 20.7. The van der Waals surface area contributed by atoms with E-state index >= 15 is 0 Å². The summed E-state index contributed by atoms with van der Waals surface area (Å²) in [6.45, 7) is 10.4. The predicted molar refractivity (Wildman–Crippen MR) is 135 cm³/mol. The highest BCUT2D eigenvalue weighted by Crippen LogP contribution is 2.16. The number of anilines is 1. The minimum Gasteiger partial charge on any atom is -0.369 e. The molecule has 8 heteroatoms. The molecule has 3 rings (SSSR count). The van der Waals surface area contributed by atoms with Crippen molar-refractivity contribution in [3.8, 4) is 0 Å². The third kappa shape index (κ3) is 7.42. The molecule has 160 valence electrons. The van der Waals surface area contributed by atoms with Gasteiger partial charge in [0.15, 0.2) is 5.96 Å². The van der Waals surface area contributed by atoms with Crippen LogP contribution in [0.1, 0.15) is 17.6 Å². The molecule has 0 aliphatic carbocycles. The van der Waals surface area contributed by atoms with Gasteiger partial charge in [-0.15, -0.1) is 35.3 Å². The summed E-state index contributed by atoms with van der Waals surface area (Å²) in [5.41, 5.74) is 2.47. The maximum atomic E-state index is 4.50. The van der Waals surface area contributed by atoms with E-state index in [0.29, 0.717) is 6.04 Å². The number of thiazole rings is 1. The van der Waals surface area contributed by atoms with Crippen LogP contribution in [0.3, 0.4) is 0 Å². The summed E-state index contributed by atoms with van der Waals surface area (Å²) in [5, 5.41) is 10.1. The van der Waals surface area contributed by atoms with Gasteiger partial charge in [0.2, 0.25) is 0 Å². The Bertz CT molecular complexity index is 743. The van der Waals surface area contributed by atoms with Gasteiger partial charge in [-0.05, 0) is 26.0 Å². The average molecular weight is 529 g/mol. The van der Waals surface area contributed by atoms with Crippen LogP contribution in [0.5, 0.6) is 0 Å². The topological polar surface area (TPSA) is 55.8 Å². The number of hydrogen-bond donors (Lipinski definition) is 2. The normalized spacial score (nSPS) is 16.2. The van der Waals surface area contributed by atoms with E-state index in [1.165, 1.54) is 5.69 Å². The molecular weight excluding hydrogens is 495 g/mol. The van der Waals surface area contributed by atoms with Crippen molar-refractivity contribution in [2.75, 3.05) is 51.2 Å². The molecular formula is C21H33IN6S. The zero-order chi connectivity index (χ0) is 19.8. The fraction of sp³-hybridized carbons (Fsp3) is 0.524. The Kier molecular flexibility index (Phi) is 10.2. The van der Waals surface area contributed by atoms with Gasteiger partial charge in [0, 0.05) is 69.8 Å². The van der Waals surface area contributed by atoms with Gasteiger partial charge >= 0.3 is 0 Å². The lowest BCUT2D eigenvalue weighted by atomic mass is 10.2. The van der Waals surface area contributed by atoms with E-state index in [0.717, 1.165) is 62.4 Å². The van der Waals surface area contributed by atoms with Crippen LogP contribution in [-0.4, -0.2) is 68.2 Å². The van der Waals surface area contributed by atoms with Gasteiger partial charge in [0.1, 0.15) is 0 Å². The highest BCUT2D eigenvalue weighted by atomic mass is 127. The van der Waals surface area contributed by atoms with Gasteiger partial charge in [0.05, 0.1) is 10.7 Å². The van der Waals surface area contributed by atoms with E-state index in [2.05, 4.69) is 73.0 Å². The number of guanidine groups is 1. The summed E-state index contributed by atoms with van der Waals surface area (Å²) in [4.78, 5) is 13.9. The van der Waals surface area contributed by atoms with Crippen molar-refractivity contribution in [2.45, 2.75) is 26.3 Å². The Morgan fingerprint density at radius 3 is 2.52 bits per heavy atom. The molecule has 0 saturated carbocycles. The van der Waals surface area contributed by atoms with Crippen LogP contribution in [0, 0.1) is 6.92 Å². The highest BCUT2D eigenvalue weighted by molar-refractivity contribution is 14.0. The lowest BCUT2D eigenvalue weighted by Gasteiger charge is -2.39. The average Bonchev–Trinajstić information content (AvgIpc) is 3.16. The van der Waals surface area contributed by atoms with E-state index < -0.39 is 0 Å². The molecule has 0 radical (unpaired) electrons. The first-order chi connectivity index (χ1) is 13.7. The van der Waals surface area contributed by atoms with E-state index in [9.17, 15) is 0 Å². The van der Waals surface area contributed by atoms with Crippen LogP contribution < -0.4 is 15.5 Å². The maximum absolute atomic E-state index is 4.50. The van der Waals surface area contributed by atoms with Crippen LogP contribution in [0.15, 0.2) is 40.7 Å². The molecule has 1 aliphatic rings. The minimum atomic E-state index is 0. The fourth-order valence-corrected chi connectivity index (χ4v) is 4.13. The summed E-state index contributed by atoms with van der Waals surface area (Å²) < 4.78 is 0. The van der Waals surface area contributed by atoms with Crippen molar-refractivity contribution in [3.63, 3.8) is 0 Å². The van der Waals surface area contributed by atoms with Gasteiger partial charge < -0.3 is 15.5 Å². The molecule has 1 atom stereocenters. The Labute approximate surface area is 195 Å². The second-order valence-electron chi connectivity index (χ2n) is 7.20. The molecule has 29 heavy (non-hydrogen) atoms. The van der Waals surface area contributed by atoms with Crippen molar-refractivity contribution in [2.24, 2.45) is 4.99 Å². The third-order valence-corrected chi connectivity index (χ3v) is 6.01. The van der Waals surface area contributed by atoms with Crippen LogP contribution in [0.25, 0.3) is 0 Å². The van der Waals surface area contributed by atoms with Crippen LogP contribution >= 0.6 is 35.3 Å². The van der Waals surface area contributed by atoms with Crippen LogP contribution in [0.4, 0.5) is 5.69 Å². The zero-order valence-electron chi connectivity index (χ0n) is 17.6. The molecule has 0 amide bonds. The Morgan fingerprint density at radius 1 is 1.17 bits per heavy atom. The summed E-state index contributed by atoms with van der Waals surface area (Å²) >= 11 is 1.70. The molecule has 0 spiro atoms. The van der Waals surface area contributed by atoms with E-state index in [1.807, 2.05) is 14.0 Å². The summed E-state index contributed by atoms with van der Waals surface area (Å²) in [5.74, 6) is 0.863. The second-order valence-corrected chi connectivity index (χ2v) is 8.26. The van der Waals surface area contributed by atoms with Crippen LogP contribution in [-0.2, 0) is 6.42 Å². The van der Waals surface area contributed by atoms with Gasteiger partial charge in [-0.1, -0.05) is 18.2 Å². The number of hydrogen-bond acceptors (Lipinski definition) is 5. The highest BCUT2D eigenvalue weighted by Gasteiger charge is 2.21. The van der Waals surface area contributed by atoms with Gasteiger partial charge in [-0.2, -0.15) is 0 Å². The number of piperazine rings is 1. The molecule has 1 unspecified atom stereocenters. The van der Waals surface area contributed by atoms with Crippen molar-refractivity contribution in [3.05, 3.63) is 46.4 Å². The van der Waals surface area contributed by atoms with Crippen molar-refractivity contribution in [1.82, 2.24) is 20.5 Å². The summed E-state index contributed by atoms with van der Waals surface area (Å²) in [6, 6.07) is 11.2. The van der Waals surface area contributed by atoms with Crippen molar-refractivity contribution in [1.29, 1.82) is 0 Å². The summed E-state index contributed by atoms with van der Waals surface area (Å²) in [7, 11) is 1.83. The fourth-order valence-electron chi connectivity index (χ4n) is 3.49. The first-order valence-corrected chi connectivity index (χ1v) is 10.9. The molecule has 0 bridgehead atoms. The standard InChI is InChI=1S/C21H32N6S.HI/c1-17(26-11-13-27(14-12-26)20-7-5-4-6-8-20)15-24-21(22-3)23-10-9-19-16-28-18(2)25-19;/h4-8,16-17H,9-15H2,1-3H3,(H2,22,23,24);1H. The number of aliphatic imine (C=N–C) groups is 1. The molecule has 1 fully saturated rings. The number of benzene rings is 1. The Morgan fingerprint density at radius 2 is 1.90 bits per heavy atom. The molecule has 1 aromatic carbocycles. The van der Waals surface area contributed by atoms with Gasteiger partial charge in [-0.25, -0.2) is 4.98 Å². The number of aromatic nitrogens is 1. The number of nitrogens with zero attached hydrogens (tertiary/aromatic N) is 4. The quantitative estimate of drug-likeness (QED) is 0.329. The predicted octanol–water partition coefficient (Wildman–Crippen LogP) is 2.99. The van der Waals surface area contributed by atoms with E-state index in [-0.39, 0.29) is 24.0 Å². The molecule has 6 nitrogen and oxygen atoms in total. The molecule has 1 aromatic heterocycles. The van der Waals surface area contributed by atoms with E-state index in [1.54, 1.807) is 11.3 Å². The van der Waals surface area contributed by atoms with E-state index in [4.69, 9.17) is 0 Å². The van der Waals surface area contributed by atoms with Gasteiger partial charge in [-0.3, -0.25) is 9.89 Å². The lowest BCUT2D eigenvalue weighted by Crippen LogP contribution is -2.53. The smallest absolute Gasteiger partial charge is 0.191 e. The van der Waals surface area contributed by atoms with Gasteiger partial charge in [0.25, 0.3) is 0 Å². The molecule has 2 heterocycles. The Hall–Kier alpha value is -1.39. The van der Waals surface area contributed by atoms with Crippen LogP contribution in [0.2, 0.25) is 0 Å².